The second kappa shape index (κ2) is 15.7. The fraction of sp³-hybridized carbons (Fsp3) is 0.667. The van der Waals surface area contributed by atoms with E-state index in [1.54, 1.807) is 7.11 Å². The van der Waals surface area contributed by atoms with Crippen molar-refractivity contribution in [1.29, 1.82) is 0 Å². The molecule has 0 heterocycles. The van der Waals surface area contributed by atoms with Gasteiger partial charge in [-0.05, 0) is 55.9 Å². The van der Waals surface area contributed by atoms with E-state index in [4.69, 9.17) is 14.5 Å². The highest BCUT2D eigenvalue weighted by atomic mass is 127. The lowest BCUT2D eigenvalue weighted by atomic mass is 9.94. The number of hydrogen-bond acceptors (Lipinski definition) is 4. The van der Waals surface area contributed by atoms with Crippen molar-refractivity contribution in [2.75, 3.05) is 47.0 Å². The summed E-state index contributed by atoms with van der Waals surface area (Å²) < 4.78 is 11.0. The zero-order valence-electron chi connectivity index (χ0n) is 18.0. The topological polar surface area (TPSA) is 66.3 Å². The Morgan fingerprint density at radius 2 is 1.86 bits per heavy atom. The molecule has 0 bridgehead atoms. The summed E-state index contributed by atoms with van der Waals surface area (Å²) in [7, 11) is 3.67. The van der Waals surface area contributed by atoms with Crippen LogP contribution in [-0.2, 0) is 0 Å². The Balaban J connectivity index is 0.00000729. The lowest BCUT2D eigenvalue weighted by Gasteiger charge is -2.23. The average molecular weight is 507 g/mol. The van der Waals surface area contributed by atoms with Gasteiger partial charge in [0.2, 0.25) is 0 Å². The van der Waals surface area contributed by atoms with Crippen LogP contribution in [0.25, 0.3) is 0 Å². The van der Waals surface area contributed by atoms with Crippen LogP contribution in [0.2, 0.25) is 0 Å². The van der Waals surface area contributed by atoms with E-state index in [0.29, 0.717) is 18.4 Å². The van der Waals surface area contributed by atoms with E-state index in [1.165, 1.54) is 0 Å². The maximum absolute atomic E-state index is 9.29. The molecule has 28 heavy (non-hydrogen) atoms. The number of benzene rings is 1. The predicted molar refractivity (Wildman–Crippen MR) is 127 cm³/mol. The molecule has 2 N–H and O–H groups in total. The van der Waals surface area contributed by atoms with Gasteiger partial charge in [-0.2, -0.15) is 0 Å². The molecular formula is C21H38IN3O3. The third-order valence-electron chi connectivity index (χ3n) is 4.29. The van der Waals surface area contributed by atoms with Gasteiger partial charge in [-0.3, -0.25) is 4.99 Å². The number of nitrogens with zero attached hydrogens (tertiary/aromatic N) is 2. The standard InChI is InChI=1S/C21H37N3O3.HI/c1-6-22-21(23-16-18(11-13-25)15-17(2)3)24(4)12-14-27-20-9-7-19(26-5)8-10-20;/h7-10,17-18,25H,6,11-16H2,1-5H3,(H,22,23);1H. The summed E-state index contributed by atoms with van der Waals surface area (Å²) in [4.78, 5) is 6.86. The van der Waals surface area contributed by atoms with Gasteiger partial charge in [-0.25, -0.2) is 0 Å². The van der Waals surface area contributed by atoms with Crippen molar-refractivity contribution >= 4 is 29.9 Å². The van der Waals surface area contributed by atoms with Crippen LogP contribution in [0, 0.1) is 11.8 Å². The third kappa shape index (κ3) is 10.9. The van der Waals surface area contributed by atoms with E-state index in [-0.39, 0.29) is 30.6 Å². The number of hydrogen-bond donors (Lipinski definition) is 2. The number of nitrogens with one attached hydrogen (secondary N) is 1. The molecular weight excluding hydrogens is 469 g/mol. The zero-order chi connectivity index (χ0) is 20.1. The molecule has 0 saturated heterocycles. The van der Waals surface area contributed by atoms with Crippen LogP contribution in [0.3, 0.4) is 0 Å². The molecule has 0 aliphatic carbocycles. The smallest absolute Gasteiger partial charge is 0.193 e. The van der Waals surface area contributed by atoms with Gasteiger partial charge in [0, 0.05) is 26.7 Å². The highest BCUT2D eigenvalue weighted by Crippen LogP contribution is 2.17. The summed E-state index contributed by atoms with van der Waals surface area (Å²) in [6, 6.07) is 7.59. The summed E-state index contributed by atoms with van der Waals surface area (Å²) in [5.74, 6) is 3.54. The fourth-order valence-corrected chi connectivity index (χ4v) is 2.90. The number of methoxy groups -OCH3 is 1. The molecule has 0 aliphatic heterocycles. The van der Waals surface area contributed by atoms with Crippen LogP contribution in [0.4, 0.5) is 0 Å². The van der Waals surface area contributed by atoms with Gasteiger partial charge in [-0.1, -0.05) is 13.8 Å². The molecule has 0 spiro atoms. The van der Waals surface area contributed by atoms with Gasteiger partial charge >= 0.3 is 0 Å². The van der Waals surface area contributed by atoms with E-state index in [1.807, 2.05) is 31.3 Å². The lowest BCUT2D eigenvalue weighted by molar-refractivity contribution is 0.245. The number of aliphatic hydroxyl groups is 1. The van der Waals surface area contributed by atoms with Crippen molar-refractivity contribution < 1.29 is 14.6 Å². The molecule has 162 valence electrons. The first-order valence-corrected chi connectivity index (χ1v) is 9.87. The van der Waals surface area contributed by atoms with Gasteiger partial charge in [0.1, 0.15) is 18.1 Å². The minimum Gasteiger partial charge on any atom is -0.497 e. The molecule has 1 atom stereocenters. The number of likely N-dealkylation sites (N-methyl/N-ethyl adjacent to an activating group) is 1. The molecule has 0 aliphatic rings. The second-order valence-corrected chi connectivity index (χ2v) is 7.15. The first-order chi connectivity index (χ1) is 13.0. The third-order valence-corrected chi connectivity index (χ3v) is 4.29. The molecule has 6 nitrogen and oxygen atoms in total. The molecule has 0 fully saturated rings. The van der Waals surface area contributed by atoms with Crippen molar-refractivity contribution in [1.82, 2.24) is 10.2 Å². The molecule has 0 saturated carbocycles. The normalized spacial score (nSPS) is 12.3. The van der Waals surface area contributed by atoms with Gasteiger partial charge in [0.15, 0.2) is 5.96 Å². The Bertz CT molecular complexity index is 538. The van der Waals surface area contributed by atoms with Crippen LogP contribution in [0.15, 0.2) is 29.3 Å². The van der Waals surface area contributed by atoms with Crippen LogP contribution in [0.1, 0.15) is 33.6 Å². The summed E-state index contributed by atoms with van der Waals surface area (Å²) in [5, 5.41) is 12.6. The Kier molecular flexibility index (Phi) is 15.0. The van der Waals surface area contributed by atoms with Crippen molar-refractivity contribution in [2.24, 2.45) is 16.8 Å². The Morgan fingerprint density at radius 1 is 1.21 bits per heavy atom. The average Bonchev–Trinajstić information content (AvgIpc) is 2.65. The van der Waals surface area contributed by atoms with Crippen LogP contribution in [0.5, 0.6) is 11.5 Å². The van der Waals surface area contributed by atoms with Gasteiger partial charge in [0.05, 0.1) is 13.7 Å². The number of halogens is 1. The van der Waals surface area contributed by atoms with Gasteiger partial charge in [0.25, 0.3) is 0 Å². The number of ether oxygens (including phenoxy) is 2. The van der Waals surface area contributed by atoms with E-state index >= 15 is 0 Å². The molecule has 0 radical (unpaired) electrons. The minimum absolute atomic E-state index is 0. The summed E-state index contributed by atoms with van der Waals surface area (Å²) in [5.41, 5.74) is 0. The molecule has 1 unspecified atom stereocenters. The largest absolute Gasteiger partial charge is 0.497 e. The number of rotatable bonds is 12. The first kappa shape index (κ1) is 26.8. The van der Waals surface area contributed by atoms with Crippen LogP contribution >= 0.6 is 24.0 Å². The van der Waals surface area contributed by atoms with E-state index in [0.717, 1.165) is 49.9 Å². The molecule has 0 amide bonds. The van der Waals surface area contributed by atoms with Crippen molar-refractivity contribution in [2.45, 2.75) is 33.6 Å². The molecule has 1 aromatic rings. The van der Waals surface area contributed by atoms with Crippen LogP contribution < -0.4 is 14.8 Å². The monoisotopic (exact) mass is 507 g/mol. The van der Waals surface area contributed by atoms with E-state index < -0.39 is 0 Å². The summed E-state index contributed by atoms with van der Waals surface area (Å²) in [6.07, 6.45) is 1.87. The number of aliphatic imine (C=N–C) groups is 1. The SMILES string of the molecule is CCNC(=NCC(CCO)CC(C)C)N(C)CCOc1ccc(OC)cc1.I. The van der Waals surface area contributed by atoms with E-state index in [2.05, 4.69) is 31.0 Å². The maximum atomic E-state index is 9.29. The second-order valence-electron chi connectivity index (χ2n) is 7.15. The lowest BCUT2D eigenvalue weighted by Crippen LogP contribution is -2.41. The zero-order valence-corrected chi connectivity index (χ0v) is 20.3. The fourth-order valence-electron chi connectivity index (χ4n) is 2.90. The van der Waals surface area contributed by atoms with Crippen molar-refractivity contribution in [3.05, 3.63) is 24.3 Å². The van der Waals surface area contributed by atoms with Crippen molar-refractivity contribution in [3.63, 3.8) is 0 Å². The number of aliphatic hydroxyl groups excluding tert-OH is 1. The van der Waals surface area contributed by atoms with Crippen LogP contribution in [-0.4, -0.2) is 63.0 Å². The minimum atomic E-state index is 0. The van der Waals surface area contributed by atoms with E-state index in [9.17, 15) is 5.11 Å². The highest BCUT2D eigenvalue weighted by molar-refractivity contribution is 14.0. The Labute approximate surface area is 187 Å². The predicted octanol–water partition coefficient (Wildman–Crippen LogP) is 3.63. The highest BCUT2D eigenvalue weighted by Gasteiger charge is 2.12. The van der Waals surface area contributed by atoms with Gasteiger partial charge in [-0.15, -0.1) is 24.0 Å². The summed E-state index contributed by atoms with van der Waals surface area (Å²) >= 11 is 0. The molecule has 1 aromatic carbocycles. The quantitative estimate of drug-likeness (QED) is 0.257. The Hall–Kier alpha value is -1.22. The molecule has 7 heteroatoms. The summed E-state index contributed by atoms with van der Waals surface area (Å²) in [6.45, 7) is 9.55. The maximum Gasteiger partial charge on any atom is 0.193 e. The number of guanidine groups is 1. The van der Waals surface area contributed by atoms with Gasteiger partial charge < -0.3 is 24.8 Å². The van der Waals surface area contributed by atoms with Crippen molar-refractivity contribution in [3.8, 4) is 11.5 Å². The Morgan fingerprint density at radius 3 is 2.39 bits per heavy atom. The first-order valence-electron chi connectivity index (χ1n) is 9.87. The molecule has 0 aromatic heterocycles. The molecule has 1 rings (SSSR count).